The molecular formula is C12H11BrFNO3. The van der Waals surface area contributed by atoms with Gasteiger partial charge in [0.05, 0.1) is 0 Å². The number of amides is 1. The van der Waals surface area contributed by atoms with Crippen molar-refractivity contribution in [2.24, 2.45) is 0 Å². The highest BCUT2D eigenvalue weighted by atomic mass is 79.9. The lowest BCUT2D eigenvalue weighted by Crippen LogP contribution is -2.40. The molecule has 1 atom stereocenters. The lowest BCUT2D eigenvalue weighted by atomic mass is 10.1. The van der Waals surface area contributed by atoms with E-state index in [0.29, 0.717) is 4.47 Å². The fourth-order valence-corrected chi connectivity index (χ4v) is 1.78. The van der Waals surface area contributed by atoms with Crippen LogP contribution in [-0.4, -0.2) is 23.0 Å². The number of carboxylic acid groups (broad SMARTS) is 1. The van der Waals surface area contributed by atoms with Crippen LogP contribution in [0.5, 0.6) is 0 Å². The van der Waals surface area contributed by atoms with Gasteiger partial charge in [0.25, 0.3) is 5.91 Å². The summed E-state index contributed by atoms with van der Waals surface area (Å²) in [6, 6.07) is 2.57. The summed E-state index contributed by atoms with van der Waals surface area (Å²) in [5.41, 5.74) is 0.0530. The van der Waals surface area contributed by atoms with Crippen molar-refractivity contribution in [3.8, 4) is 0 Å². The fourth-order valence-electron chi connectivity index (χ4n) is 1.31. The largest absolute Gasteiger partial charge is 0.480 e. The summed E-state index contributed by atoms with van der Waals surface area (Å²) in [5, 5.41) is 11.2. The monoisotopic (exact) mass is 315 g/mol. The van der Waals surface area contributed by atoms with Crippen molar-refractivity contribution in [3.63, 3.8) is 0 Å². The van der Waals surface area contributed by atoms with E-state index in [2.05, 4.69) is 27.8 Å². The molecule has 0 heterocycles. The quantitative estimate of drug-likeness (QED) is 0.820. The molecule has 1 amide bonds. The predicted octanol–water partition coefficient (Wildman–Crippen LogP) is 2.35. The minimum absolute atomic E-state index is 0.0530. The molecule has 1 aromatic rings. The molecule has 6 heteroatoms. The van der Waals surface area contributed by atoms with Crippen LogP contribution in [0.2, 0.25) is 0 Å². The summed E-state index contributed by atoms with van der Waals surface area (Å²) in [6.07, 6.45) is 1.48. The maximum atomic E-state index is 13.1. The number of hydrogen-bond acceptors (Lipinski definition) is 2. The van der Waals surface area contributed by atoms with Crippen LogP contribution in [0.1, 0.15) is 16.8 Å². The molecule has 0 fully saturated rings. The highest BCUT2D eigenvalue weighted by Gasteiger charge is 2.19. The smallest absolute Gasteiger partial charge is 0.326 e. The molecule has 1 aromatic carbocycles. The standard InChI is InChI=1S/C12H11BrFNO3/c1-2-3-10(12(17)18)15-11(16)7-4-8(13)6-9(14)5-7/h2,4-6,10H,1,3H2,(H,15,16)(H,17,18). The molecule has 1 unspecified atom stereocenters. The number of carbonyl (C=O) groups excluding carboxylic acids is 1. The summed E-state index contributed by atoms with van der Waals surface area (Å²) in [4.78, 5) is 22.6. The Balaban J connectivity index is 2.86. The number of rotatable bonds is 5. The van der Waals surface area contributed by atoms with E-state index in [1.165, 1.54) is 18.2 Å². The van der Waals surface area contributed by atoms with Crippen molar-refractivity contribution in [1.82, 2.24) is 5.32 Å². The van der Waals surface area contributed by atoms with Crippen molar-refractivity contribution < 1.29 is 19.1 Å². The molecule has 0 radical (unpaired) electrons. The van der Waals surface area contributed by atoms with Gasteiger partial charge in [-0.2, -0.15) is 0 Å². The lowest BCUT2D eigenvalue weighted by Gasteiger charge is -2.12. The maximum Gasteiger partial charge on any atom is 0.326 e. The van der Waals surface area contributed by atoms with Gasteiger partial charge in [0.1, 0.15) is 11.9 Å². The second-order valence-corrected chi connectivity index (χ2v) is 4.46. The summed E-state index contributed by atoms with van der Waals surface area (Å²) < 4.78 is 13.5. The van der Waals surface area contributed by atoms with Gasteiger partial charge in [-0.1, -0.05) is 22.0 Å². The molecule has 0 bridgehead atoms. The van der Waals surface area contributed by atoms with Gasteiger partial charge in [-0.3, -0.25) is 4.79 Å². The van der Waals surface area contributed by atoms with Crippen LogP contribution in [-0.2, 0) is 4.79 Å². The number of nitrogens with one attached hydrogen (secondary N) is 1. The lowest BCUT2D eigenvalue weighted by molar-refractivity contribution is -0.139. The van der Waals surface area contributed by atoms with Gasteiger partial charge in [-0.05, 0) is 24.6 Å². The van der Waals surface area contributed by atoms with Crippen LogP contribution in [0.25, 0.3) is 0 Å². The van der Waals surface area contributed by atoms with Crippen LogP contribution in [0.15, 0.2) is 35.3 Å². The molecule has 2 N–H and O–H groups in total. The third-order valence-electron chi connectivity index (χ3n) is 2.13. The SMILES string of the molecule is C=CCC(NC(=O)c1cc(F)cc(Br)c1)C(=O)O. The average molecular weight is 316 g/mol. The van der Waals surface area contributed by atoms with E-state index >= 15 is 0 Å². The molecule has 0 spiro atoms. The first-order valence-corrected chi connectivity index (χ1v) is 5.84. The van der Waals surface area contributed by atoms with Gasteiger partial charge in [-0.15, -0.1) is 6.58 Å². The van der Waals surface area contributed by atoms with Crippen molar-refractivity contribution in [1.29, 1.82) is 0 Å². The van der Waals surface area contributed by atoms with E-state index in [4.69, 9.17) is 5.11 Å². The highest BCUT2D eigenvalue weighted by molar-refractivity contribution is 9.10. The van der Waals surface area contributed by atoms with Crippen LogP contribution >= 0.6 is 15.9 Å². The average Bonchev–Trinajstić information content (AvgIpc) is 2.26. The first-order chi connectivity index (χ1) is 8.43. The van der Waals surface area contributed by atoms with E-state index in [1.54, 1.807) is 0 Å². The molecule has 0 aliphatic carbocycles. The van der Waals surface area contributed by atoms with Crippen molar-refractivity contribution in [3.05, 3.63) is 46.7 Å². The minimum Gasteiger partial charge on any atom is -0.480 e. The van der Waals surface area contributed by atoms with Gasteiger partial charge >= 0.3 is 5.97 Å². The van der Waals surface area contributed by atoms with E-state index in [-0.39, 0.29) is 12.0 Å². The van der Waals surface area contributed by atoms with Crippen LogP contribution < -0.4 is 5.32 Å². The van der Waals surface area contributed by atoms with Crippen LogP contribution in [0.3, 0.4) is 0 Å². The molecule has 0 aliphatic rings. The Morgan fingerprint density at radius 2 is 2.17 bits per heavy atom. The number of carbonyl (C=O) groups is 2. The van der Waals surface area contributed by atoms with Crippen LogP contribution in [0, 0.1) is 5.82 Å². The topological polar surface area (TPSA) is 66.4 Å². The second-order valence-electron chi connectivity index (χ2n) is 3.55. The summed E-state index contributed by atoms with van der Waals surface area (Å²) in [7, 11) is 0. The normalized spacial score (nSPS) is 11.7. The predicted molar refractivity (Wildman–Crippen MR) is 67.8 cm³/mol. The van der Waals surface area contributed by atoms with E-state index in [1.807, 2.05) is 0 Å². The van der Waals surface area contributed by atoms with Gasteiger partial charge in [0.2, 0.25) is 0 Å². The number of hydrogen-bond donors (Lipinski definition) is 2. The number of benzene rings is 1. The van der Waals surface area contributed by atoms with E-state index < -0.39 is 23.7 Å². The Hall–Kier alpha value is -1.69. The highest BCUT2D eigenvalue weighted by Crippen LogP contribution is 2.15. The second kappa shape index (κ2) is 6.30. The molecule has 1 rings (SSSR count). The Labute approximate surface area is 112 Å². The Bertz CT molecular complexity index is 470. The Morgan fingerprint density at radius 3 is 2.67 bits per heavy atom. The summed E-state index contributed by atoms with van der Waals surface area (Å²) in [5.74, 6) is -2.40. The Morgan fingerprint density at radius 1 is 1.50 bits per heavy atom. The molecule has 0 aromatic heterocycles. The van der Waals surface area contributed by atoms with Crippen molar-refractivity contribution in [2.45, 2.75) is 12.5 Å². The van der Waals surface area contributed by atoms with E-state index in [9.17, 15) is 14.0 Å². The number of carboxylic acids is 1. The van der Waals surface area contributed by atoms with Crippen molar-refractivity contribution in [2.75, 3.05) is 0 Å². The number of halogens is 2. The fraction of sp³-hybridized carbons (Fsp3) is 0.167. The minimum atomic E-state index is -1.17. The van der Waals surface area contributed by atoms with Gasteiger partial charge < -0.3 is 10.4 Å². The zero-order chi connectivity index (χ0) is 13.7. The Kier molecular flexibility index (Phi) is 5.03. The molecular weight excluding hydrogens is 305 g/mol. The third-order valence-corrected chi connectivity index (χ3v) is 2.59. The molecule has 0 saturated heterocycles. The molecule has 0 saturated carbocycles. The molecule has 96 valence electrons. The van der Waals surface area contributed by atoms with E-state index in [0.717, 1.165) is 6.07 Å². The molecule has 0 aliphatic heterocycles. The zero-order valence-electron chi connectivity index (χ0n) is 9.32. The van der Waals surface area contributed by atoms with Crippen LogP contribution in [0.4, 0.5) is 4.39 Å². The third kappa shape index (κ3) is 3.96. The van der Waals surface area contributed by atoms with Gasteiger partial charge in [0.15, 0.2) is 0 Å². The number of aliphatic carboxylic acids is 1. The summed E-state index contributed by atoms with van der Waals surface area (Å²) >= 11 is 3.05. The summed E-state index contributed by atoms with van der Waals surface area (Å²) in [6.45, 7) is 3.41. The van der Waals surface area contributed by atoms with Gasteiger partial charge in [-0.25, -0.2) is 9.18 Å². The first kappa shape index (κ1) is 14.4. The first-order valence-electron chi connectivity index (χ1n) is 5.04. The van der Waals surface area contributed by atoms with Gasteiger partial charge in [0, 0.05) is 10.0 Å². The zero-order valence-corrected chi connectivity index (χ0v) is 10.9. The molecule has 4 nitrogen and oxygen atoms in total. The maximum absolute atomic E-state index is 13.1. The van der Waals surface area contributed by atoms with Crippen molar-refractivity contribution >= 4 is 27.8 Å². The molecule has 18 heavy (non-hydrogen) atoms.